The van der Waals surface area contributed by atoms with Gasteiger partial charge >= 0.3 is 0 Å². The van der Waals surface area contributed by atoms with Crippen LogP contribution in [0.15, 0.2) is 23.5 Å². The number of allylic oxidation sites excluding steroid dienone is 2. The van der Waals surface area contributed by atoms with Gasteiger partial charge in [0.15, 0.2) is 6.79 Å². The van der Waals surface area contributed by atoms with Crippen LogP contribution in [0.1, 0.15) is 27.7 Å². The van der Waals surface area contributed by atoms with Gasteiger partial charge in [0.2, 0.25) is 0 Å². The van der Waals surface area contributed by atoms with Crippen LogP contribution >= 0.6 is 0 Å². The van der Waals surface area contributed by atoms with Gasteiger partial charge in [0.25, 0.3) is 0 Å². The van der Waals surface area contributed by atoms with Crippen LogP contribution < -0.4 is 0 Å². The Balaban J connectivity index is 0.000000461. The number of hydrogen-bond donors (Lipinski definition) is 0. The van der Waals surface area contributed by atoms with Crippen LogP contribution in [0.25, 0.3) is 0 Å². The molecule has 0 saturated carbocycles. The second kappa shape index (κ2) is 5.20. The lowest BCUT2D eigenvalue weighted by Crippen LogP contribution is -2.20. The molecule has 0 aromatic carbocycles. The summed E-state index contributed by atoms with van der Waals surface area (Å²) in [5, 5.41) is 0. The fraction of sp³-hybridized carbons (Fsp3) is 0.667. The molecule has 2 heteroatoms. The van der Waals surface area contributed by atoms with E-state index in [1.165, 1.54) is 5.57 Å². The van der Waals surface area contributed by atoms with E-state index in [2.05, 4.69) is 26.0 Å². The van der Waals surface area contributed by atoms with Crippen molar-refractivity contribution in [3.63, 3.8) is 0 Å². The highest BCUT2D eigenvalue weighted by atomic mass is 16.7. The Morgan fingerprint density at radius 1 is 1.14 bits per heavy atom. The Morgan fingerprint density at radius 3 is 2.50 bits per heavy atom. The molecule has 0 amide bonds. The first kappa shape index (κ1) is 11.3. The van der Waals surface area contributed by atoms with Gasteiger partial charge in [-0.05, 0) is 17.9 Å². The second-order valence-electron chi connectivity index (χ2n) is 3.55. The number of rotatable bonds is 0. The number of hydrogen-bond acceptors (Lipinski definition) is 2. The molecule has 2 aliphatic rings. The Bertz CT molecular complexity index is 215. The highest BCUT2D eigenvalue weighted by Gasteiger charge is 2.21. The minimum Gasteiger partial charge on any atom is -0.468 e. The highest BCUT2D eigenvalue weighted by Crippen LogP contribution is 2.29. The average molecular weight is 196 g/mol. The van der Waals surface area contributed by atoms with Crippen LogP contribution in [0.3, 0.4) is 0 Å². The van der Waals surface area contributed by atoms with Gasteiger partial charge in [0, 0.05) is 5.57 Å². The fourth-order valence-corrected chi connectivity index (χ4v) is 1.57. The fourth-order valence-electron chi connectivity index (χ4n) is 1.57. The third-order valence-electron chi connectivity index (χ3n) is 2.58. The smallest absolute Gasteiger partial charge is 0.189 e. The molecule has 0 radical (unpaired) electrons. The van der Waals surface area contributed by atoms with Gasteiger partial charge in [-0.1, -0.05) is 33.8 Å². The predicted molar refractivity (Wildman–Crippen MR) is 57.7 cm³/mol. The zero-order valence-electron chi connectivity index (χ0n) is 9.54. The third-order valence-corrected chi connectivity index (χ3v) is 2.58. The molecule has 0 aromatic rings. The first-order chi connectivity index (χ1) is 6.77. The molecule has 2 atom stereocenters. The van der Waals surface area contributed by atoms with E-state index in [0.717, 1.165) is 5.76 Å². The molecule has 80 valence electrons. The summed E-state index contributed by atoms with van der Waals surface area (Å²) in [7, 11) is 0. The topological polar surface area (TPSA) is 18.5 Å². The summed E-state index contributed by atoms with van der Waals surface area (Å²) in [5.41, 5.74) is 1.21. The molecule has 2 nitrogen and oxygen atoms in total. The molecular weight excluding hydrogens is 176 g/mol. The maximum absolute atomic E-state index is 5.37. The van der Waals surface area contributed by atoms with Crippen molar-refractivity contribution in [3.8, 4) is 0 Å². The molecular formula is C12H20O2. The summed E-state index contributed by atoms with van der Waals surface area (Å²) in [4.78, 5) is 0. The van der Waals surface area contributed by atoms with E-state index in [1.807, 2.05) is 13.8 Å². The summed E-state index contributed by atoms with van der Waals surface area (Å²) in [5.74, 6) is 2.22. The first-order valence-corrected chi connectivity index (χ1v) is 5.41. The van der Waals surface area contributed by atoms with E-state index in [4.69, 9.17) is 9.47 Å². The van der Waals surface area contributed by atoms with Crippen LogP contribution in [0.4, 0.5) is 0 Å². The summed E-state index contributed by atoms with van der Waals surface area (Å²) in [6.07, 6.45) is 4.45. The van der Waals surface area contributed by atoms with Gasteiger partial charge in [0.1, 0.15) is 5.76 Å². The van der Waals surface area contributed by atoms with E-state index in [1.54, 1.807) is 0 Å². The molecule has 0 spiro atoms. The zero-order chi connectivity index (χ0) is 10.6. The molecule has 1 heterocycles. The van der Waals surface area contributed by atoms with Gasteiger partial charge in [-0.15, -0.1) is 0 Å². The van der Waals surface area contributed by atoms with Crippen molar-refractivity contribution in [2.75, 3.05) is 13.4 Å². The van der Waals surface area contributed by atoms with Crippen LogP contribution in [-0.4, -0.2) is 13.4 Å². The van der Waals surface area contributed by atoms with Crippen LogP contribution in [-0.2, 0) is 9.47 Å². The second-order valence-corrected chi connectivity index (χ2v) is 3.55. The quantitative estimate of drug-likeness (QED) is 0.592. The monoisotopic (exact) mass is 196 g/mol. The first-order valence-electron chi connectivity index (χ1n) is 5.41. The van der Waals surface area contributed by atoms with E-state index in [0.29, 0.717) is 25.2 Å². The van der Waals surface area contributed by atoms with Crippen molar-refractivity contribution in [2.24, 2.45) is 11.8 Å². The molecule has 1 aliphatic heterocycles. The van der Waals surface area contributed by atoms with Crippen molar-refractivity contribution >= 4 is 0 Å². The largest absolute Gasteiger partial charge is 0.468 e. The maximum Gasteiger partial charge on any atom is 0.189 e. The molecule has 0 aromatic heterocycles. The molecule has 0 N–H and O–H groups in total. The molecule has 2 unspecified atom stereocenters. The van der Waals surface area contributed by atoms with Crippen molar-refractivity contribution < 1.29 is 9.47 Å². The third kappa shape index (κ3) is 2.38. The van der Waals surface area contributed by atoms with Gasteiger partial charge in [0.05, 0.1) is 6.61 Å². The summed E-state index contributed by atoms with van der Waals surface area (Å²) < 4.78 is 10.6. The lowest BCUT2D eigenvalue weighted by atomic mass is 9.87. The molecule has 0 bridgehead atoms. The van der Waals surface area contributed by atoms with Gasteiger partial charge in [-0.2, -0.15) is 0 Å². The summed E-state index contributed by atoms with van der Waals surface area (Å²) in [6.45, 7) is 9.55. The Hall–Kier alpha value is -0.760. The van der Waals surface area contributed by atoms with Gasteiger partial charge in [-0.3, -0.25) is 0 Å². The predicted octanol–water partition coefficient (Wildman–Crippen LogP) is 3.11. The molecule has 1 aliphatic carbocycles. The molecule has 1 fully saturated rings. The number of fused-ring (bicyclic) bond motifs is 1. The minimum absolute atomic E-state index is 0.407. The zero-order valence-corrected chi connectivity index (χ0v) is 9.54. The minimum atomic E-state index is 0.407. The normalized spacial score (nSPS) is 30.0. The average Bonchev–Trinajstić information content (AvgIpc) is 2.23. The Kier molecular flexibility index (Phi) is 4.21. The summed E-state index contributed by atoms with van der Waals surface area (Å²) >= 11 is 0. The lowest BCUT2D eigenvalue weighted by Gasteiger charge is -2.27. The van der Waals surface area contributed by atoms with Crippen molar-refractivity contribution in [2.45, 2.75) is 27.7 Å². The number of ether oxygens (including phenoxy) is 2. The van der Waals surface area contributed by atoms with Gasteiger partial charge in [-0.25, -0.2) is 0 Å². The van der Waals surface area contributed by atoms with Crippen LogP contribution in [0.5, 0.6) is 0 Å². The standard InChI is InChI=1S/C10H14O2.C2H6/c1-7-3-9-5-11-6-12-10(9)4-8(7)2;1-2/h3-4,7-8H,5-6H2,1-2H3;1-2H3. The molecule has 1 saturated heterocycles. The van der Waals surface area contributed by atoms with E-state index in [-0.39, 0.29) is 0 Å². The molecule has 14 heavy (non-hydrogen) atoms. The SMILES string of the molecule is CC.CC1C=C2COCOC2=CC1C. The maximum atomic E-state index is 5.37. The Labute approximate surface area is 86.6 Å². The Morgan fingerprint density at radius 2 is 1.79 bits per heavy atom. The lowest BCUT2D eigenvalue weighted by molar-refractivity contribution is -0.0390. The van der Waals surface area contributed by atoms with Gasteiger partial charge < -0.3 is 9.47 Å². The van der Waals surface area contributed by atoms with Crippen molar-refractivity contribution in [1.29, 1.82) is 0 Å². The summed E-state index contributed by atoms with van der Waals surface area (Å²) in [6, 6.07) is 0. The van der Waals surface area contributed by atoms with E-state index >= 15 is 0 Å². The molecule has 2 rings (SSSR count). The van der Waals surface area contributed by atoms with Crippen LogP contribution in [0, 0.1) is 11.8 Å². The van der Waals surface area contributed by atoms with Crippen LogP contribution in [0.2, 0.25) is 0 Å². The van der Waals surface area contributed by atoms with Crippen molar-refractivity contribution in [3.05, 3.63) is 23.5 Å². The van der Waals surface area contributed by atoms with E-state index < -0.39 is 0 Å². The van der Waals surface area contributed by atoms with E-state index in [9.17, 15) is 0 Å². The highest BCUT2D eigenvalue weighted by molar-refractivity contribution is 5.32. The van der Waals surface area contributed by atoms with Crippen molar-refractivity contribution in [1.82, 2.24) is 0 Å².